The Hall–Kier alpha value is -2.17. The first kappa shape index (κ1) is 17.2. The lowest BCUT2D eigenvalue weighted by atomic mass is 9.81. The molecule has 0 bridgehead atoms. The van der Waals surface area contributed by atoms with Crippen LogP contribution in [0.3, 0.4) is 0 Å². The van der Waals surface area contributed by atoms with Crippen molar-refractivity contribution in [3.8, 4) is 0 Å². The molecular weight excluding hydrogens is 292 g/mol. The Labute approximate surface area is 137 Å². The number of ether oxygens (including phenoxy) is 1. The SMILES string of the molecule is CCCCC(C)(C(=O)NCC(=O)OCc1ccccc1)C1=NC1. The number of aliphatic imine (C=N–C) groups is 1. The van der Waals surface area contributed by atoms with Crippen LogP contribution >= 0.6 is 0 Å². The topological polar surface area (TPSA) is 67.8 Å². The van der Waals surface area contributed by atoms with Crippen molar-refractivity contribution >= 4 is 17.6 Å². The molecule has 1 atom stereocenters. The van der Waals surface area contributed by atoms with Gasteiger partial charge in [0.1, 0.15) is 13.2 Å². The average Bonchev–Trinajstić information content (AvgIpc) is 3.42. The standard InChI is InChI=1S/C18H24N2O3/c1-3-4-10-18(2,15-11-19-15)17(22)20-12-16(21)23-13-14-8-6-5-7-9-14/h5-9H,3-4,10-13H2,1-2H3,(H,20,22). The number of hydrogen-bond donors (Lipinski definition) is 1. The number of hydrogen-bond acceptors (Lipinski definition) is 4. The van der Waals surface area contributed by atoms with E-state index in [4.69, 9.17) is 4.74 Å². The van der Waals surface area contributed by atoms with Crippen LogP contribution in [0.5, 0.6) is 0 Å². The number of carbonyl (C=O) groups excluding carboxylic acids is 2. The van der Waals surface area contributed by atoms with E-state index in [1.807, 2.05) is 37.3 Å². The summed E-state index contributed by atoms with van der Waals surface area (Å²) in [7, 11) is 0. The highest BCUT2D eigenvalue weighted by molar-refractivity contribution is 6.15. The van der Waals surface area contributed by atoms with Crippen LogP contribution in [0, 0.1) is 5.41 Å². The molecule has 1 N–H and O–H groups in total. The minimum atomic E-state index is -0.588. The van der Waals surface area contributed by atoms with Gasteiger partial charge < -0.3 is 10.1 Å². The molecule has 5 heteroatoms. The minimum Gasteiger partial charge on any atom is -0.460 e. The minimum absolute atomic E-state index is 0.110. The van der Waals surface area contributed by atoms with E-state index < -0.39 is 11.4 Å². The molecule has 0 aromatic heterocycles. The molecule has 1 aromatic carbocycles. The molecule has 0 fully saturated rings. The lowest BCUT2D eigenvalue weighted by Crippen LogP contribution is -2.44. The van der Waals surface area contributed by atoms with Gasteiger partial charge in [-0.05, 0) is 18.9 Å². The zero-order valence-electron chi connectivity index (χ0n) is 13.8. The molecule has 1 heterocycles. The Morgan fingerprint density at radius 1 is 1.30 bits per heavy atom. The van der Waals surface area contributed by atoms with Crippen molar-refractivity contribution in [1.82, 2.24) is 5.32 Å². The third-order valence-electron chi connectivity index (χ3n) is 4.12. The highest BCUT2D eigenvalue weighted by Crippen LogP contribution is 2.31. The molecule has 1 aliphatic heterocycles. The summed E-state index contributed by atoms with van der Waals surface area (Å²) in [5, 5.41) is 2.70. The van der Waals surface area contributed by atoms with Gasteiger partial charge in [0.05, 0.1) is 12.0 Å². The van der Waals surface area contributed by atoms with Gasteiger partial charge in [-0.15, -0.1) is 0 Å². The van der Waals surface area contributed by atoms with Crippen molar-refractivity contribution in [2.75, 3.05) is 13.1 Å². The van der Waals surface area contributed by atoms with Gasteiger partial charge in [0, 0.05) is 5.71 Å². The quantitative estimate of drug-likeness (QED) is 0.712. The molecule has 1 aromatic rings. The van der Waals surface area contributed by atoms with E-state index in [-0.39, 0.29) is 19.1 Å². The number of unbranched alkanes of at least 4 members (excludes halogenated alkanes) is 1. The molecule has 1 unspecified atom stereocenters. The van der Waals surface area contributed by atoms with Gasteiger partial charge in [0.15, 0.2) is 0 Å². The first-order valence-electron chi connectivity index (χ1n) is 8.08. The van der Waals surface area contributed by atoms with Crippen LogP contribution in [0.4, 0.5) is 0 Å². The Kier molecular flexibility index (Phi) is 5.90. The van der Waals surface area contributed by atoms with Gasteiger partial charge in [0.25, 0.3) is 0 Å². The number of nitrogens with one attached hydrogen (secondary N) is 1. The summed E-state index contributed by atoms with van der Waals surface area (Å²) in [5.41, 5.74) is 1.27. The van der Waals surface area contributed by atoms with E-state index in [1.54, 1.807) is 0 Å². The largest absolute Gasteiger partial charge is 0.460 e. The summed E-state index contributed by atoms with van der Waals surface area (Å²) in [4.78, 5) is 28.4. The smallest absolute Gasteiger partial charge is 0.325 e. The van der Waals surface area contributed by atoms with Crippen LogP contribution in [-0.2, 0) is 20.9 Å². The Balaban J connectivity index is 1.78. The normalized spacial score (nSPS) is 15.3. The van der Waals surface area contributed by atoms with Gasteiger partial charge in [-0.3, -0.25) is 14.6 Å². The second-order valence-electron chi connectivity index (χ2n) is 6.03. The molecule has 0 radical (unpaired) electrons. The number of amides is 1. The van der Waals surface area contributed by atoms with Crippen LogP contribution in [0.15, 0.2) is 35.3 Å². The third-order valence-corrected chi connectivity index (χ3v) is 4.12. The number of carbonyl (C=O) groups is 2. The molecule has 5 nitrogen and oxygen atoms in total. The first-order valence-corrected chi connectivity index (χ1v) is 8.08. The maximum Gasteiger partial charge on any atom is 0.325 e. The highest BCUT2D eigenvalue weighted by atomic mass is 16.5. The van der Waals surface area contributed by atoms with E-state index in [2.05, 4.69) is 17.2 Å². The van der Waals surface area contributed by atoms with E-state index in [0.29, 0.717) is 6.54 Å². The predicted molar refractivity (Wildman–Crippen MR) is 89.2 cm³/mol. The zero-order chi connectivity index (χ0) is 16.7. The zero-order valence-corrected chi connectivity index (χ0v) is 13.8. The van der Waals surface area contributed by atoms with E-state index in [0.717, 1.165) is 30.5 Å². The molecule has 0 saturated carbocycles. The maximum absolute atomic E-state index is 12.4. The molecule has 124 valence electrons. The highest BCUT2D eigenvalue weighted by Gasteiger charge is 2.41. The fraction of sp³-hybridized carbons (Fsp3) is 0.500. The molecular formula is C18H24N2O3. The lowest BCUT2D eigenvalue weighted by Gasteiger charge is -2.24. The number of nitrogens with zero attached hydrogens (tertiary/aromatic N) is 1. The summed E-state index contributed by atoms with van der Waals surface area (Å²) in [5.74, 6) is -0.573. The van der Waals surface area contributed by atoms with Crippen LogP contribution < -0.4 is 5.32 Å². The molecule has 0 aliphatic carbocycles. The number of rotatable bonds is 9. The Morgan fingerprint density at radius 2 is 2.00 bits per heavy atom. The van der Waals surface area contributed by atoms with E-state index in [1.165, 1.54) is 0 Å². The average molecular weight is 316 g/mol. The monoisotopic (exact) mass is 316 g/mol. The second kappa shape index (κ2) is 7.90. The van der Waals surface area contributed by atoms with Crippen molar-refractivity contribution in [3.05, 3.63) is 35.9 Å². The summed E-state index contributed by atoms with van der Waals surface area (Å²) in [6, 6.07) is 9.46. The Morgan fingerprint density at radius 3 is 2.61 bits per heavy atom. The van der Waals surface area contributed by atoms with Crippen molar-refractivity contribution in [1.29, 1.82) is 0 Å². The van der Waals surface area contributed by atoms with Crippen LogP contribution in [0.25, 0.3) is 0 Å². The summed E-state index contributed by atoms with van der Waals surface area (Å²) >= 11 is 0. The summed E-state index contributed by atoms with van der Waals surface area (Å²) in [6.07, 6.45) is 2.74. The fourth-order valence-electron chi connectivity index (χ4n) is 2.44. The Bertz CT molecular complexity index is 583. The van der Waals surface area contributed by atoms with Gasteiger partial charge in [-0.2, -0.15) is 0 Å². The van der Waals surface area contributed by atoms with Crippen molar-refractivity contribution in [2.24, 2.45) is 10.4 Å². The van der Waals surface area contributed by atoms with Gasteiger partial charge in [-0.1, -0.05) is 50.1 Å². The van der Waals surface area contributed by atoms with Crippen molar-refractivity contribution in [3.63, 3.8) is 0 Å². The first-order chi connectivity index (χ1) is 11.1. The molecule has 1 amide bonds. The van der Waals surface area contributed by atoms with E-state index >= 15 is 0 Å². The molecule has 0 spiro atoms. The molecule has 1 aliphatic rings. The summed E-state index contributed by atoms with van der Waals surface area (Å²) in [6.45, 7) is 4.76. The number of benzene rings is 1. The fourth-order valence-corrected chi connectivity index (χ4v) is 2.44. The van der Waals surface area contributed by atoms with Crippen molar-refractivity contribution in [2.45, 2.75) is 39.7 Å². The van der Waals surface area contributed by atoms with Crippen LogP contribution in [0.2, 0.25) is 0 Å². The molecule has 0 saturated heterocycles. The second-order valence-corrected chi connectivity index (χ2v) is 6.03. The maximum atomic E-state index is 12.4. The van der Waals surface area contributed by atoms with E-state index in [9.17, 15) is 9.59 Å². The third kappa shape index (κ3) is 4.91. The van der Waals surface area contributed by atoms with Gasteiger partial charge in [0.2, 0.25) is 5.91 Å². The summed E-state index contributed by atoms with van der Waals surface area (Å²) < 4.78 is 5.16. The lowest BCUT2D eigenvalue weighted by molar-refractivity contribution is -0.145. The van der Waals surface area contributed by atoms with Crippen molar-refractivity contribution < 1.29 is 14.3 Å². The molecule has 2 rings (SSSR count). The van der Waals surface area contributed by atoms with Gasteiger partial charge >= 0.3 is 5.97 Å². The molecule has 23 heavy (non-hydrogen) atoms. The van der Waals surface area contributed by atoms with Crippen LogP contribution in [0.1, 0.15) is 38.7 Å². The predicted octanol–water partition coefficient (Wildman–Crippen LogP) is 2.50. The van der Waals surface area contributed by atoms with Gasteiger partial charge in [-0.25, -0.2) is 0 Å². The van der Waals surface area contributed by atoms with Crippen LogP contribution in [-0.4, -0.2) is 30.7 Å². The number of esters is 1.